The van der Waals surface area contributed by atoms with Gasteiger partial charge in [-0.15, -0.1) is 0 Å². The standard InChI is InChI=1S/C15H11BrN4/c1-9-5-11(16)7-12(6-9)20-13-4-2-3-10(8-17)14(13)19-15(20)18/h2-7H,1H3,(H2,18,19). The summed E-state index contributed by atoms with van der Waals surface area (Å²) >= 11 is 3.49. The van der Waals surface area contributed by atoms with Crippen LogP contribution in [0.5, 0.6) is 0 Å². The molecular weight excluding hydrogens is 316 g/mol. The van der Waals surface area contributed by atoms with Crippen molar-refractivity contribution in [3.05, 3.63) is 52.0 Å². The average Bonchev–Trinajstić information content (AvgIpc) is 2.73. The Kier molecular flexibility index (Phi) is 2.96. The fourth-order valence-electron chi connectivity index (χ4n) is 2.32. The van der Waals surface area contributed by atoms with Gasteiger partial charge in [0, 0.05) is 4.47 Å². The van der Waals surface area contributed by atoms with Crippen molar-refractivity contribution in [1.82, 2.24) is 9.55 Å². The molecule has 0 saturated carbocycles. The van der Waals surface area contributed by atoms with Crippen LogP contribution in [0.15, 0.2) is 40.9 Å². The first-order chi connectivity index (χ1) is 9.60. The molecule has 2 aromatic carbocycles. The Morgan fingerprint density at radius 1 is 1.30 bits per heavy atom. The summed E-state index contributed by atoms with van der Waals surface area (Å²) in [6.45, 7) is 2.02. The SMILES string of the molecule is Cc1cc(Br)cc(-n2c(N)nc3c(C#N)cccc32)c1. The first kappa shape index (κ1) is 12.7. The van der Waals surface area contributed by atoms with Gasteiger partial charge in [-0.25, -0.2) is 4.98 Å². The van der Waals surface area contributed by atoms with Crippen LogP contribution in [0.1, 0.15) is 11.1 Å². The van der Waals surface area contributed by atoms with Crippen molar-refractivity contribution in [2.75, 3.05) is 5.73 Å². The molecule has 0 aliphatic rings. The zero-order valence-electron chi connectivity index (χ0n) is 10.8. The van der Waals surface area contributed by atoms with Gasteiger partial charge in [0.15, 0.2) is 0 Å². The summed E-state index contributed by atoms with van der Waals surface area (Å²) < 4.78 is 2.83. The highest BCUT2D eigenvalue weighted by Crippen LogP contribution is 2.27. The summed E-state index contributed by atoms with van der Waals surface area (Å²) in [7, 11) is 0. The van der Waals surface area contributed by atoms with Gasteiger partial charge in [0.25, 0.3) is 0 Å². The predicted molar refractivity (Wildman–Crippen MR) is 82.6 cm³/mol. The van der Waals surface area contributed by atoms with Crippen LogP contribution in [-0.4, -0.2) is 9.55 Å². The minimum absolute atomic E-state index is 0.375. The number of nitriles is 1. The number of fused-ring (bicyclic) bond motifs is 1. The maximum Gasteiger partial charge on any atom is 0.205 e. The van der Waals surface area contributed by atoms with Gasteiger partial charge in [0.1, 0.15) is 11.6 Å². The van der Waals surface area contributed by atoms with Crippen molar-refractivity contribution in [2.45, 2.75) is 6.92 Å². The first-order valence-corrected chi connectivity index (χ1v) is 6.84. The van der Waals surface area contributed by atoms with E-state index >= 15 is 0 Å². The van der Waals surface area contributed by atoms with E-state index in [-0.39, 0.29) is 0 Å². The van der Waals surface area contributed by atoms with E-state index in [0.29, 0.717) is 17.0 Å². The fourth-order valence-corrected chi connectivity index (χ4v) is 2.92. The molecule has 0 bridgehead atoms. The molecular formula is C15H11BrN4. The summed E-state index contributed by atoms with van der Waals surface area (Å²) in [5.74, 6) is 0.375. The van der Waals surface area contributed by atoms with E-state index < -0.39 is 0 Å². The summed E-state index contributed by atoms with van der Waals surface area (Å²) in [6.07, 6.45) is 0. The van der Waals surface area contributed by atoms with Gasteiger partial charge in [-0.1, -0.05) is 22.0 Å². The lowest BCUT2D eigenvalue weighted by atomic mass is 10.2. The maximum atomic E-state index is 9.15. The van der Waals surface area contributed by atoms with Gasteiger partial charge >= 0.3 is 0 Å². The van der Waals surface area contributed by atoms with Crippen molar-refractivity contribution in [1.29, 1.82) is 5.26 Å². The molecule has 0 amide bonds. The molecule has 0 spiro atoms. The lowest BCUT2D eigenvalue weighted by Crippen LogP contribution is -2.00. The number of aromatic nitrogens is 2. The van der Waals surface area contributed by atoms with Gasteiger partial charge in [0.2, 0.25) is 5.95 Å². The van der Waals surface area contributed by atoms with Gasteiger partial charge < -0.3 is 5.73 Å². The Hall–Kier alpha value is -2.32. The molecule has 0 aliphatic carbocycles. The molecule has 3 rings (SSSR count). The molecule has 1 aromatic heterocycles. The second kappa shape index (κ2) is 4.66. The smallest absolute Gasteiger partial charge is 0.205 e. The molecule has 4 nitrogen and oxygen atoms in total. The molecule has 2 N–H and O–H groups in total. The van der Waals surface area contributed by atoms with E-state index in [0.717, 1.165) is 21.2 Å². The number of anilines is 1. The molecule has 98 valence electrons. The van der Waals surface area contributed by atoms with Crippen LogP contribution in [0.25, 0.3) is 16.7 Å². The zero-order valence-corrected chi connectivity index (χ0v) is 12.3. The van der Waals surface area contributed by atoms with Crippen LogP contribution in [0.2, 0.25) is 0 Å². The minimum Gasteiger partial charge on any atom is -0.369 e. The normalized spacial score (nSPS) is 10.7. The third kappa shape index (κ3) is 1.95. The summed E-state index contributed by atoms with van der Waals surface area (Å²) in [6, 6.07) is 13.7. The number of halogens is 1. The number of nitrogens with two attached hydrogens (primary N) is 1. The number of aryl methyl sites for hydroxylation is 1. The third-order valence-electron chi connectivity index (χ3n) is 3.12. The van der Waals surface area contributed by atoms with Crippen LogP contribution in [0, 0.1) is 18.3 Å². The molecule has 0 radical (unpaired) electrons. The Morgan fingerprint density at radius 3 is 2.80 bits per heavy atom. The van der Waals surface area contributed by atoms with Crippen LogP contribution in [0.4, 0.5) is 5.95 Å². The summed E-state index contributed by atoms with van der Waals surface area (Å²) in [5.41, 5.74) is 10.1. The zero-order chi connectivity index (χ0) is 14.3. The molecule has 0 atom stereocenters. The number of nitrogens with zero attached hydrogens (tertiary/aromatic N) is 3. The van der Waals surface area contributed by atoms with E-state index in [1.807, 2.05) is 41.8 Å². The van der Waals surface area contributed by atoms with Crippen LogP contribution >= 0.6 is 15.9 Å². The number of imidazole rings is 1. The Balaban J connectivity index is 2.37. The molecule has 3 aromatic rings. The van der Waals surface area contributed by atoms with Crippen molar-refractivity contribution in [2.24, 2.45) is 0 Å². The highest BCUT2D eigenvalue weighted by atomic mass is 79.9. The second-order valence-corrected chi connectivity index (χ2v) is 5.49. The topological polar surface area (TPSA) is 67.6 Å². The molecule has 0 unspecified atom stereocenters. The van der Waals surface area contributed by atoms with E-state index in [9.17, 15) is 0 Å². The Labute approximate surface area is 124 Å². The molecule has 5 heteroatoms. The number of para-hydroxylation sites is 1. The maximum absolute atomic E-state index is 9.15. The summed E-state index contributed by atoms with van der Waals surface area (Å²) in [5, 5.41) is 9.15. The minimum atomic E-state index is 0.375. The van der Waals surface area contributed by atoms with Gasteiger partial charge in [-0.3, -0.25) is 4.57 Å². The number of benzene rings is 2. The summed E-state index contributed by atoms with van der Waals surface area (Å²) in [4.78, 5) is 4.32. The molecule has 1 heterocycles. The van der Waals surface area contributed by atoms with Gasteiger partial charge in [0.05, 0.1) is 16.8 Å². The Bertz CT molecular complexity index is 838. The largest absolute Gasteiger partial charge is 0.369 e. The third-order valence-corrected chi connectivity index (χ3v) is 3.57. The first-order valence-electron chi connectivity index (χ1n) is 6.05. The van der Waals surface area contributed by atoms with Crippen molar-refractivity contribution < 1.29 is 0 Å². The van der Waals surface area contributed by atoms with Crippen molar-refractivity contribution in [3.63, 3.8) is 0 Å². The number of rotatable bonds is 1. The Morgan fingerprint density at radius 2 is 2.10 bits per heavy atom. The quantitative estimate of drug-likeness (QED) is 0.743. The monoisotopic (exact) mass is 326 g/mol. The average molecular weight is 327 g/mol. The van der Waals surface area contributed by atoms with E-state index in [1.54, 1.807) is 6.07 Å². The fraction of sp³-hybridized carbons (Fsp3) is 0.0667. The van der Waals surface area contributed by atoms with E-state index in [4.69, 9.17) is 11.0 Å². The lowest BCUT2D eigenvalue weighted by Gasteiger charge is -2.08. The molecule has 20 heavy (non-hydrogen) atoms. The van der Waals surface area contributed by atoms with Crippen molar-refractivity contribution >= 4 is 32.9 Å². The molecule has 0 saturated heterocycles. The van der Waals surface area contributed by atoms with Gasteiger partial charge in [-0.2, -0.15) is 5.26 Å². The van der Waals surface area contributed by atoms with E-state index in [1.165, 1.54) is 0 Å². The van der Waals surface area contributed by atoms with Crippen LogP contribution in [-0.2, 0) is 0 Å². The van der Waals surface area contributed by atoms with Crippen molar-refractivity contribution in [3.8, 4) is 11.8 Å². The predicted octanol–water partition coefficient (Wildman–Crippen LogP) is 3.55. The number of nitrogen functional groups attached to an aromatic ring is 1. The highest BCUT2D eigenvalue weighted by molar-refractivity contribution is 9.10. The van der Waals surface area contributed by atoms with E-state index in [2.05, 4.69) is 27.0 Å². The van der Waals surface area contributed by atoms with Crippen LogP contribution < -0.4 is 5.73 Å². The van der Waals surface area contributed by atoms with Gasteiger partial charge in [-0.05, 0) is 42.8 Å². The highest BCUT2D eigenvalue weighted by Gasteiger charge is 2.13. The van der Waals surface area contributed by atoms with Crippen LogP contribution in [0.3, 0.4) is 0 Å². The lowest BCUT2D eigenvalue weighted by molar-refractivity contribution is 1.10. The number of hydrogen-bond donors (Lipinski definition) is 1. The molecule has 0 fully saturated rings. The molecule has 0 aliphatic heterocycles. The second-order valence-electron chi connectivity index (χ2n) is 4.58. The number of hydrogen-bond acceptors (Lipinski definition) is 3.